The highest BCUT2D eigenvalue weighted by atomic mass is 35.5. The lowest BCUT2D eigenvalue weighted by Gasteiger charge is -2.16. The second-order valence-electron chi connectivity index (χ2n) is 4.76. The van der Waals surface area contributed by atoms with Gasteiger partial charge in [-0.05, 0) is 37.5 Å². The smallest absolute Gasteiger partial charge is 0.241 e. The van der Waals surface area contributed by atoms with Gasteiger partial charge in [0.25, 0.3) is 0 Å². The zero-order chi connectivity index (χ0) is 15.5. The van der Waals surface area contributed by atoms with Crippen molar-refractivity contribution >= 4 is 27.5 Å². The molecule has 0 unspecified atom stereocenters. The third kappa shape index (κ3) is 3.87. The van der Waals surface area contributed by atoms with Crippen LogP contribution in [0.5, 0.6) is 5.75 Å². The monoisotopic (exact) mass is 332 g/mol. The molecule has 1 fully saturated rings. The Kier molecular flexibility index (Phi) is 5.08. The molecule has 2 N–H and O–H groups in total. The van der Waals surface area contributed by atoms with Crippen LogP contribution in [0.1, 0.15) is 19.3 Å². The van der Waals surface area contributed by atoms with Crippen molar-refractivity contribution in [3.8, 4) is 5.75 Å². The summed E-state index contributed by atoms with van der Waals surface area (Å²) in [5.41, 5.74) is 0. The number of carbonyl (C=O) groups excluding carboxylic acids is 1. The van der Waals surface area contributed by atoms with Crippen LogP contribution in [-0.4, -0.2) is 34.0 Å². The first kappa shape index (κ1) is 16.1. The maximum absolute atomic E-state index is 12.3. The maximum Gasteiger partial charge on any atom is 0.241 e. The predicted molar refractivity (Wildman–Crippen MR) is 79.0 cm³/mol. The molecule has 1 aromatic carbocycles. The van der Waals surface area contributed by atoms with Gasteiger partial charge in [-0.1, -0.05) is 11.6 Å². The number of hydrogen-bond donors (Lipinski definition) is 2. The number of carbonyl (C=O) groups is 1. The number of ether oxygens (including phenoxy) is 1. The molecule has 0 aliphatic carbocycles. The van der Waals surface area contributed by atoms with E-state index in [-0.39, 0.29) is 15.8 Å². The number of amides is 1. The third-order valence-electron chi connectivity index (χ3n) is 3.27. The van der Waals surface area contributed by atoms with Gasteiger partial charge < -0.3 is 10.1 Å². The zero-order valence-corrected chi connectivity index (χ0v) is 13.1. The average molecular weight is 333 g/mol. The van der Waals surface area contributed by atoms with Crippen LogP contribution in [-0.2, 0) is 14.8 Å². The van der Waals surface area contributed by atoms with Gasteiger partial charge in [0.15, 0.2) is 0 Å². The fraction of sp³-hybridized carbons (Fsp3) is 0.462. The molecule has 1 saturated heterocycles. The minimum Gasteiger partial charge on any atom is -0.495 e. The summed E-state index contributed by atoms with van der Waals surface area (Å²) >= 11 is 5.94. The summed E-state index contributed by atoms with van der Waals surface area (Å²) in [7, 11) is -2.36. The predicted octanol–water partition coefficient (Wildman–Crippen LogP) is 1.30. The van der Waals surface area contributed by atoms with Crippen molar-refractivity contribution in [1.29, 1.82) is 0 Å². The molecule has 0 radical (unpaired) electrons. The summed E-state index contributed by atoms with van der Waals surface area (Å²) in [4.78, 5) is 11.8. The van der Waals surface area contributed by atoms with Crippen molar-refractivity contribution in [2.75, 3.05) is 13.7 Å². The minimum absolute atomic E-state index is 0.00495. The standard InChI is InChI=1S/C13H17ClN2O4S/c1-20-12-6-5-9(8-10(12)14)21(18,19)16-11-4-2-3-7-15-13(11)17/h5-6,8,11,16H,2-4,7H2,1H3,(H,15,17)/t11-/m0/s1. The van der Waals surface area contributed by atoms with Crippen molar-refractivity contribution < 1.29 is 17.9 Å². The van der Waals surface area contributed by atoms with Crippen LogP contribution in [0.3, 0.4) is 0 Å². The fourth-order valence-electron chi connectivity index (χ4n) is 2.12. The van der Waals surface area contributed by atoms with Gasteiger partial charge in [0.05, 0.1) is 17.0 Å². The van der Waals surface area contributed by atoms with Crippen molar-refractivity contribution in [2.45, 2.75) is 30.2 Å². The Morgan fingerprint density at radius 3 is 2.81 bits per heavy atom. The molecule has 0 spiro atoms. The van der Waals surface area contributed by atoms with E-state index < -0.39 is 16.1 Å². The topological polar surface area (TPSA) is 84.5 Å². The van der Waals surface area contributed by atoms with E-state index in [4.69, 9.17) is 16.3 Å². The second-order valence-corrected chi connectivity index (χ2v) is 6.88. The first-order valence-electron chi connectivity index (χ1n) is 6.57. The maximum atomic E-state index is 12.3. The van der Waals surface area contributed by atoms with Crippen molar-refractivity contribution in [3.63, 3.8) is 0 Å². The van der Waals surface area contributed by atoms with Crippen molar-refractivity contribution in [3.05, 3.63) is 23.2 Å². The normalized spacial score (nSPS) is 19.7. The molecule has 1 atom stereocenters. The second kappa shape index (κ2) is 6.64. The SMILES string of the molecule is COc1ccc(S(=O)(=O)N[C@H]2CCCCNC2=O)cc1Cl. The number of halogens is 1. The molecule has 1 aromatic rings. The van der Waals surface area contributed by atoms with E-state index in [0.29, 0.717) is 18.7 Å². The highest BCUT2D eigenvalue weighted by Gasteiger charge is 2.27. The van der Waals surface area contributed by atoms with Crippen molar-refractivity contribution in [2.24, 2.45) is 0 Å². The summed E-state index contributed by atoms with van der Waals surface area (Å²) in [5, 5.41) is 2.89. The van der Waals surface area contributed by atoms with E-state index in [2.05, 4.69) is 10.0 Å². The lowest BCUT2D eigenvalue weighted by Crippen LogP contribution is -2.45. The summed E-state index contributed by atoms with van der Waals surface area (Å²) in [6.07, 6.45) is 2.11. The van der Waals surface area contributed by atoms with Crippen LogP contribution in [0.2, 0.25) is 5.02 Å². The Bertz CT molecular complexity index is 633. The summed E-state index contributed by atoms with van der Waals surface area (Å²) in [6.45, 7) is 0.575. The van der Waals surface area contributed by atoms with Gasteiger partial charge in [-0.25, -0.2) is 8.42 Å². The molecule has 1 aliphatic heterocycles. The molecule has 6 nitrogen and oxygen atoms in total. The number of sulfonamides is 1. The number of nitrogens with one attached hydrogen (secondary N) is 2. The van der Waals surface area contributed by atoms with Gasteiger partial charge in [0.2, 0.25) is 15.9 Å². The molecule has 1 amide bonds. The first-order chi connectivity index (χ1) is 9.94. The molecular weight excluding hydrogens is 316 g/mol. The molecule has 21 heavy (non-hydrogen) atoms. The lowest BCUT2D eigenvalue weighted by molar-refractivity contribution is -0.122. The molecule has 0 aromatic heterocycles. The van der Waals surface area contributed by atoms with Crippen LogP contribution >= 0.6 is 11.6 Å². The van der Waals surface area contributed by atoms with E-state index in [1.54, 1.807) is 0 Å². The van der Waals surface area contributed by atoms with E-state index >= 15 is 0 Å². The third-order valence-corrected chi connectivity index (χ3v) is 5.03. The molecule has 2 rings (SSSR count). The summed E-state index contributed by atoms with van der Waals surface area (Å²) in [6, 6.07) is 3.42. The van der Waals surface area contributed by atoms with E-state index in [1.165, 1.54) is 25.3 Å². The zero-order valence-electron chi connectivity index (χ0n) is 11.6. The quantitative estimate of drug-likeness (QED) is 0.870. The lowest BCUT2D eigenvalue weighted by atomic mass is 10.1. The van der Waals surface area contributed by atoms with Gasteiger partial charge in [-0.2, -0.15) is 4.72 Å². The van der Waals surface area contributed by atoms with Gasteiger partial charge in [0, 0.05) is 6.54 Å². The Balaban J connectivity index is 2.21. The first-order valence-corrected chi connectivity index (χ1v) is 8.44. The molecule has 1 aliphatic rings. The molecular formula is C13H17ClN2O4S. The van der Waals surface area contributed by atoms with Gasteiger partial charge in [0.1, 0.15) is 11.8 Å². The number of hydrogen-bond acceptors (Lipinski definition) is 4. The van der Waals surface area contributed by atoms with Crippen LogP contribution in [0, 0.1) is 0 Å². The molecule has 116 valence electrons. The highest BCUT2D eigenvalue weighted by molar-refractivity contribution is 7.89. The van der Waals surface area contributed by atoms with Crippen LogP contribution in [0.4, 0.5) is 0 Å². The van der Waals surface area contributed by atoms with Crippen LogP contribution < -0.4 is 14.8 Å². The largest absolute Gasteiger partial charge is 0.495 e. The summed E-state index contributed by atoms with van der Waals surface area (Å²) in [5.74, 6) is 0.0958. The van der Waals surface area contributed by atoms with Crippen molar-refractivity contribution in [1.82, 2.24) is 10.0 Å². The Morgan fingerprint density at radius 2 is 2.14 bits per heavy atom. The average Bonchev–Trinajstić information content (AvgIpc) is 2.64. The van der Waals surface area contributed by atoms with Crippen LogP contribution in [0.15, 0.2) is 23.1 Å². The Hall–Kier alpha value is -1.31. The number of methoxy groups -OCH3 is 1. The summed E-state index contributed by atoms with van der Waals surface area (Å²) < 4.78 is 32.1. The van der Waals surface area contributed by atoms with E-state index in [1.807, 2.05) is 0 Å². The van der Waals surface area contributed by atoms with Gasteiger partial charge in [-0.3, -0.25) is 4.79 Å². The van der Waals surface area contributed by atoms with Gasteiger partial charge in [-0.15, -0.1) is 0 Å². The van der Waals surface area contributed by atoms with E-state index in [9.17, 15) is 13.2 Å². The number of benzene rings is 1. The Morgan fingerprint density at radius 1 is 1.38 bits per heavy atom. The molecule has 0 saturated carbocycles. The highest BCUT2D eigenvalue weighted by Crippen LogP contribution is 2.27. The van der Waals surface area contributed by atoms with Crippen LogP contribution in [0.25, 0.3) is 0 Å². The number of rotatable bonds is 4. The molecule has 0 bridgehead atoms. The molecule has 8 heteroatoms. The molecule has 1 heterocycles. The minimum atomic E-state index is -3.81. The fourth-order valence-corrected chi connectivity index (χ4v) is 3.70. The Labute approximate surface area is 128 Å². The van der Waals surface area contributed by atoms with Gasteiger partial charge >= 0.3 is 0 Å². The van der Waals surface area contributed by atoms with E-state index in [0.717, 1.165) is 12.8 Å².